The Labute approximate surface area is 134 Å². The van der Waals surface area contributed by atoms with Crippen LogP contribution in [-0.2, 0) is 13.6 Å². The third-order valence-electron chi connectivity index (χ3n) is 4.21. The largest absolute Gasteiger partial charge is 0.338 e. The minimum Gasteiger partial charge on any atom is -0.338 e. The summed E-state index contributed by atoms with van der Waals surface area (Å²) in [5.41, 5.74) is 2.07. The summed E-state index contributed by atoms with van der Waals surface area (Å²) in [7, 11) is 3.96. The van der Waals surface area contributed by atoms with Crippen molar-refractivity contribution in [2.75, 3.05) is 26.7 Å². The number of halogens is 1. The lowest BCUT2D eigenvalue weighted by Gasteiger charge is -2.37. The quantitative estimate of drug-likeness (QED) is 0.854. The summed E-state index contributed by atoms with van der Waals surface area (Å²) < 4.78 is 7.08. The van der Waals surface area contributed by atoms with Crippen LogP contribution in [0.3, 0.4) is 0 Å². The third kappa shape index (κ3) is 2.88. The predicted octanol–water partition coefficient (Wildman–Crippen LogP) is 1.56. The van der Waals surface area contributed by atoms with Gasteiger partial charge in [-0.3, -0.25) is 14.5 Å². The second-order valence-corrected chi connectivity index (χ2v) is 6.25. The topological polar surface area (TPSA) is 63.2 Å². The first kappa shape index (κ1) is 15.5. The molecule has 0 aromatic carbocycles. The van der Waals surface area contributed by atoms with E-state index in [0.29, 0.717) is 16.9 Å². The van der Waals surface area contributed by atoms with Gasteiger partial charge in [0, 0.05) is 38.8 Å². The zero-order valence-electron chi connectivity index (χ0n) is 13.4. The third-order valence-corrected chi connectivity index (χ3v) is 4.68. The van der Waals surface area contributed by atoms with Crippen LogP contribution in [0.25, 0.3) is 0 Å². The molecule has 1 aliphatic heterocycles. The monoisotopic (exact) mass is 324 g/mol. The molecule has 0 saturated carbocycles. The highest BCUT2D eigenvalue weighted by Gasteiger charge is 2.30. The molecule has 0 aliphatic carbocycles. The zero-order chi connectivity index (χ0) is 15.9. The Bertz CT molecular complexity index is 666. The molecule has 0 radical (unpaired) electrons. The van der Waals surface area contributed by atoms with Crippen molar-refractivity contribution in [2.24, 2.45) is 7.05 Å². The van der Waals surface area contributed by atoms with Gasteiger partial charge in [0.05, 0.1) is 5.69 Å². The van der Waals surface area contributed by atoms with Crippen molar-refractivity contribution in [3.05, 3.63) is 28.1 Å². The van der Waals surface area contributed by atoms with Gasteiger partial charge in [0.15, 0.2) is 5.82 Å². The van der Waals surface area contributed by atoms with Crippen LogP contribution in [0.4, 0.5) is 0 Å². The van der Waals surface area contributed by atoms with Crippen LogP contribution in [-0.4, -0.2) is 56.4 Å². The molecule has 8 heteroatoms. The van der Waals surface area contributed by atoms with E-state index in [1.54, 1.807) is 4.68 Å². The van der Waals surface area contributed by atoms with E-state index in [1.165, 1.54) is 0 Å². The summed E-state index contributed by atoms with van der Waals surface area (Å²) in [4.78, 5) is 8.99. The van der Waals surface area contributed by atoms with Crippen LogP contribution in [0.15, 0.2) is 4.52 Å². The van der Waals surface area contributed by atoms with Gasteiger partial charge in [-0.15, -0.1) is 0 Å². The summed E-state index contributed by atoms with van der Waals surface area (Å²) in [5.74, 6) is 1.35. The fraction of sp³-hybridized carbons (Fsp3) is 0.643. The molecule has 120 valence electrons. The first-order valence-corrected chi connectivity index (χ1v) is 7.74. The second-order valence-electron chi connectivity index (χ2n) is 5.89. The summed E-state index contributed by atoms with van der Waals surface area (Å²) in [5, 5.41) is 8.99. The van der Waals surface area contributed by atoms with E-state index in [0.717, 1.165) is 37.4 Å². The minimum absolute atomic E-state index is 0.116. The molecule has 1 atom stereocenters. The average Bonchev–Trinajstić information content (AvgIpc) is 3.00. The van der Waals surface area contributed by atoms with Crippen LogP contribution >= 0.6 is 11.6 Å². The highest BCUT2D eigenvalue weighted by Crippen LogP contribution is 2.26. The van der Waals surface area contributed by atoms with Gasteiger partial charge in [0.1, 0.15) is 11.2 Å². The SMILES string of the molecule is Cc1noc([C@@H]2CN(Cc3c(C)nn(C)c3Cl)CCN2C)n1. The van der Waals surface area contributed by atoms with E-state index in [4.69, 9.17) is 16.1 Å². The number of hydrogen-bond donors (Lipinski definition) is 0. The van der Waals surface area contributed by atoms with Gasteiger partial charge in [-0.2, -0.15) is 10.1 Å². The molecule has 3 heterocycles. The number of rotatable bonds is 3. The van der Waals surface area contributed by atoms with Gasteiger partial charge in [0.2, 0.25) is 5.89 Å². The summed E-state index contributed by atoms with van der Waals surface area (Å²) in [6.07, 6.45) is 0. The average molecular weight is 325 g/mol. The van der Waals surface area contributed by atoms with E-state index in [2.05, 4.69) is 32.1 Å². The van der Waals surface area contributed by atoms with Gasteiger partial charge in [-0.25, -0.2) is 0 Å². The molecule has 3 rings (SSSR count). The van der Waals surface area contributed by atoms with E-state index in [-0.39, 0.29) is 6.04 Å². The molecular formula is C14H21ClN6O. The summed E-state index contributed by atoms with van der Waals surface area (Å²) >= 11 is 6.34. The number of hydrogen-bond acceptors (Lipinski definition) is 6. The number of aromatic nitrogens is 4. The molecule has 2 aromatic heterocycles. The molecule has 0 N–H and O–H groups in total. The second kappa shape index (κ2) is 5.98. The van der Waals surface area contributed by atoms with E-state index in [9.17, 15) is 0 Å². The first-order valence-electron chi connectivity index (χ1n) is 7.36. The van der Waals surface area contributed by atoms with E-state index < -0.39 is 0 Å². The number of likely N-dealkylation sites (N-methyl/N-ethyl adjacent to an activating group) is 1. The maximum atomic E-state index is 6.34. The van der Waals surface area contributed by atoms with Gasteiger partial charge < -0.3 is 4.52 Å². The molecule has 0 unspecified atom stereocenters. The minimum atomic E-state index is 0.116. The Balaban J connectivity index is 1.75. The standard InChI is InChI=1S/C14H21ClN6O/c1-9-11(13(15)20(4)17-9)7-21-6-5-19(3)12(8-21)14-16-10(2)18-22-14/h12H,5-8H2,1-4H3/t12-/m0/s1. The van der Waals surface area contributed by atoms with Crippen LogP contribution in [0.1, 0.15) is 29.0 Å². The predicted molar refractivity (Wildman–Crippen MR) is 82.6 cm³/mol. The molecule has 1 saturated heterocycles. The van der Waals surface area contributed by atoms with Crippen molar-refractivity contribution < 1.29 is 4.52 Å². The molecule has 1 fully saturated rings. The molecule has 2 aromatic rings. The Morgan fingerprint density at radius 3 is 2.64 bits per heavy atom. The lowest BCUT2D eigenvalue weighted by molar-refractivity contribution is 0.0713. The molecular weight excluding hydrogens is 304 g/mol. The van der Waals surface area contributed by atoms with E-state index in [1.807, 2.05) is 20.9 Å². The molecule has 7 nitrogen and oxygen atoms in total. The Hall–Kier alpha value is -1.44. The highest BCUT2D eigenvalue weighted by atomic mass is 35.5. The maximum absolute atomic E-state index is 6.34. The summed E-state index contributed by atoms with van der Waals surface area (Å²) in [6, 6.07) is 0.116. The molecule has 0 spiro atoms. The molecule has 0 amide bonds. The maximum Gasteiger partial charge on any atom is 0.245 e. The normalized spacial score (nSPS) is 20.7. The Morgan fingerprint density at radius 1 is 1.27 bits per heavy atom. The molecule has 22 heavy (non-hydrogen) atoms. The summed E-state index contributed by atoms with van der Waals surface area (Å²) in [6.45, 7) is 7.38. The number of aryl methyl sites for hydroxylation is 3. The van der Waals surface area contributed by atoms with Crippen molar-refractivity contribution in [2.45, 2.75) is 26.4 Å². The Kier molecular flexibility index (Phi) is 4.20. The molecule has 1 aliphatic rings. The first-order chi connectivity index (χ1) is 10.5. The highest BCUT2D eigenvalue weighted by molar-refractivity contribution is 6.30. The lowest BCUT2D eigenvalue weighted by Crippen LogP contribution is -2.46. The van der Waals surface area contributed by atoms with Crippen LogP contribution in [0, 0.1) is 13.8 Å². The fourth-order valence-electron chi connectivity index (χ4n) is 2.87. The van der Waals surface area contributed by atoms with Crippen molar-refractivity contribution in [3.63, 3.8) is 0 Å². The van der Waals surface area contributed by atoms with Gasteiger partial charge in [-0.05, 0) is 20.9 Å². The van der Waals surface area contributed by atoms with Crippen LogP contribution < -0.4 is 0 Å². The van der Waals surface area contributed by atoms with Crippen LogP contribution in [0.2, 0.25) is 5.15 Å². The van der Waals surface area contributed by atoms with Crippen molar-refractivity contribution in [3.8, 4) is 0 Å². The molecule has 0 bridgehead atoms. The van der Waals surface area contributed by atoms with Crippen molar-refractivity contribution in [1.29, 1.82) is 0 Å². The number of nitrogens with zero attached hydrogens (tertiary/aromatic N) is 6. The van der Waals surface area contributed by atoms with E-state index >= 15 is 0 Å². The van der Waals surface area contributed by atoms with Crippen molar-refractivity contribution >= 4 is 11.6 Å². The van der Waals surface area contributed by atoms with Gasteiger partial charge >= 0.3 is 0 Å². The lowest BCUT2D eigenvalue weighted by atomic mass is 10.1. The van der Waals surface area contributed by atoms with Crippen molar-refractivity contribution in [1.82, 2.24) is 29.7 Å². The van der Waals surface area contributed by atoms with Gasteiger partial charge in [0.25, 0.3) is 0 Å². The number of piperazine rings is 1. The zero-order valence-corrected chi connectivity index (χ0v) is 14.1. The fourth-order valence-corrected chi connectivity index (χ4v) is 3.10. The van der Waals surface area contributed by atoms with Crippen LogP contribution in [0.5, 0.6) is 0 Å². The Morgan fingerprint density at radius 2 is 2.05 bits per heavy atom. The van der Waals surface area contributed by atoms with Gasteiger partial charge in [-0.1, -0.05) is 16.8 Å². The smallest absolute Gasteiger partial charge is 0.245 e.